The van der Waals surface area contributed by atoms with E-state index in [-0.39, 0.29) is 0 Å². The molecule has 0 aromatic carbocycles. The predicted molar refractivity (Wildman–Crippen MR) is 84.2 cm³/mol. The molecule has 112 valence electrons. The molecule has 4 nitrogen and oxygen atoms in total. The first-order chi connectivity index (χ1) is 10.1. The number of fused-ring (bicyclic) bond motifs is 2. The average molecular weight is 284 g/mol. The molecular weight excluding hydrogens is 260 g/mol. The van der Waals surface area contributed by atoms with E-state index in [0.29, 0.717) is 5.56 Å². The molecule has 21 heavy (non-hydrogen) atoms. The van der Waals surface area contributed by atoms with Crippen LogP contribution in [0.2, 0.25) is 0 Å². The molecule has 2 saturated heterocycles. The number of rotatable bonds is 3. The van der Waals surface area contributed by atoms with Crippen LogP contribution in [0.5, 0.6) is 0 Å². The minimum absolute atomic E-state index is 0.691. The van der Waals surface area contributed by atoms with Gasteiger partial charge in [-0.2, -0.15) is 5.26 Å². The van der Waals surface area contributed by atoms with E-state index in [2.05, 4.69) is 28.3 Å². The Kier molecular flexibility index (Phi) is 3.86. The van der Waals surface area contributed by atoms with Gasteiger partial charge >= 0.3 is 0 Å². The summed E-state index contributed by atoms with van der Waals surface area (Å²) in [4.78, 5) is 6.94. The lowest BCUT2D eigenvalue weighted by atomic mass is 9.91. The second-order valence-electron chi connectivity index (χ2n) is 6.65. The normalized spacial score (nSPS) is 28.4. The summed E-state index contributed by atoms with van der Waals surface area (Å²) in [5.41, 5.74) is 3.44. The van der Waals surface area contributed by atoms with Gasteiger partial charge in [0.15, 0.2) is 0 Å². The molecule has 2 fully saturated rings. The topological polar surface area (TPSA) is 52.0 Å². The summed E-state index contributed by atoms with van der Waals surface area (Å²) in [5, 5.41) is 12.8. The number of nitrogens with one attached hydrogen (secondary N) is 1. The van der Waals surface area contributed by atoms with Crippen molar-refractivity contribution in [2.45, 2.75) is 51.6 Å². The molecule has 2 bridgehead atoms. The highest BCUT2D eigenvalue weighted by molar-refractivity contribution is 5.59. The van der Waals surface area contributed by atoms with Gasteiger partial charge in [0.25, 0.3) is 0 Å². The Morgan fingerprint density at radius 3 is 2.62 bits per heavy atom. The van der Waals surface area contributed by atoms with Gasteiger partial charge in [0.2, 0.25) is 0 Å². The van der Waals surface area contributed by atoms with Crippen LogP contribution < -0.4 is 5.32 Å². The zero-order valence-corrected chi connectivity index (χ0v) is 13.2. The number of piperidine rings is 1. The van der Waals surface area contributed by atoms with E-state index >= 15 is 0 Å². The van der Waals surface area contributed by atoms with E-state index in [1.165, 1.54) is 25.7 Å². The Balaban J connectivity index is 1.68. The van der Waals surface area contributed by atoms with Crippen LogP contribution in [0.1, 0.15) is 42.6 Å². The summed E-state index contributed by atoms with van der Waals surface area (Å²) in [6, 6.07) is 5.82. The number of anilines is 1. The van der Waals surface area contributed by atoms with Crippen molar-refractivity contribution >= 4 is 5.69 Å². The van der Waals surface area contributed by atoms with Crippen LogP contribution in [0.3, 0.4) is 0 Å². The fourth-order valence-electron chi connectivity index (χ4n) is 4.05. The van der Waals surface area contributed by atoms with Crippen LogP contribution >= 0.6 is 0 Å². The number of hydrogen-bond donors (Lipinski definition) is 1. The average Bonchev–Trinajstić information content (AvgIpc) is 2.67. The van der Waals surface area contributed by atoms with Gasteiger partial charge in [-0.1, -0.05) is 0 Å². The largest absolute Gasteiger partial charge is 0.384 e. The summed E-state index contributed by atoms with van der Waals surface area (Å²) in [5.74, 6) is 0.721. The molecule has 4 heteroatoms. The van der Waals surface area contributed by atoms with Crippen molar-refractivity contribution in [2.24, 2.45) is 5.92 Å². The third kappa shape index (κ3) is 2.75. The van der Waals surface area contributed by atoms with Crippen molar-refractivity contribution in [1.29, 1.82) is 5.26 Å². The van der Waals surface area contributed by atoms with Gasteiger partial charge in [0.1, 0.15) is 6.07 Å². The van der Waals surface area contributed by atoms with Crippen molar-refractivity contribution < 1.29 is 0 Å². The lowest BCUT2D eigenvalue weighted by molar-refractivity contribution is 0.139. The molecule has 2 aliphatic heterocycles. The van der Waals surface area contributed by atoms with Gasteiger partial charge in [-0.05, 0) is 58.6 Å². The summed E-state index contributed by atoms with van der Waals surface area (Å²) in [6.45, 7) is 4.86. The standard InChI is InChI=1S/C17H24N4/c1-11-6-17(16(9-18)12(2)20-11)19-10-13-7-14-4-5-15(8-13)21(14)3/h6,13-15H,4-5,7-8,10H2,1-3H3,(H,19,20). The molecule has 2 aliphatic rings. The first-order valence-corrected chi connectivity index (χ1v) is 7.92. The number of aryl methyl sites for hydroxylation is 2. The molecule has 1 aromatic heterocycles. The van der Waals surface area contributed by atoms with E-state index in [4.69, 9.17) is 0 Å². The third-order valence-electron chi connectivity index (χ3n) is 5.22. The van der Waals surface area contributed by atoms with Crippen molar-refractivity contribution in [2.75, 3.05) is 18.9 Å². The lowest BCUT2D eigenvalue weighted by Gasteiger charge is -2.36. The Morgan fingerprint density at radius 1 is 1.33 bits per heavy atom. The highest BCUT2D eigenvalue weighted by atomic mass is 15.2. The number of nitriles is 1. The first kappa shape index (κ1) is 14.3. The number of pyridine rings is 1. The zero-order valence-electron chi connectivity index (χ0n) is 13.2. The fourth-order valence-corrected chi connectivity index (χ4v) is 4.05. The van der Waals surface area contributed by atoms with Crippen LogP contribution in [0.4, 0.5) is 5.69 Å². The van der Waals surface area contributed by atoms with Gasteiger partial charge in [0, 0.05) is 24.3 Å². The minimum Gasteiger partial charge on any atom is -0.384 e. The maximum absolute atomic E-state index is 9.32. The molecule has 1 aromatic rings. The van der Waals surface area contributed by atoms with E-state index in [1.807, 2.05) is 19.9 Å². The minimum atomic E-state index is 0.691. The Hall–Kier alpha value is -1.60. The zero-order chi connectivity index (χ0) is 15.0. The van der Waals surface area contributed by atoms with Crippen molar-refractivity contribution in [3.05, 3.63) is 23.0 Å². The van der Waals surface area contributed by atoms with Gasteiger partial charge in [-0.15, -0.1) is 0 Å². The lowest BCUT2D eigenvalue weighted by Crippen LogP contribution is -2.41. The van der Waals surface area contributed by atoms with Gasteiger partial charge in [-0.25, -0.2) is 0 Å². The van der Waals surface area contributed by atoms with Crippen LogP contribution in [0.15, 0.2) is 6.07 Å². The molecule has 2 atom stereocenters. The van der Waals surface area contributed by atoms with E-state index in [0.717, 1.165) is 41.6 Å². The highest BCUT2D eigenvalue weighted by Gasteiger charge is 2.38. The van der Waals surface area contributed by atoms with Crippen molar-refractivity contribution in [3.63, 3.8) is 0 Å². The first-order valence-electron chi connectivity index (χ1n) is 7.92. The molecular formula is C17H24N4. The molecule has 0 amide bonds. The maximum Gasteiger partial charge on any atom is 0.103 e. The van der Waals surface area contributed by atoms with E-state index in [1.54, 1.807) is 0 Å². The Labute approximate surface area is 127 Å². The summed E-state index contributed by atoms with van der Waals surface area (Å²) >= 11 is 0. The summed E-state index contributed by atoms with van der Waals surface area (Å²) < 4.78 is 0. The monoisotopic (exact) mass is 284 g/mol. The third-order valence-corrected chi connectivity index (χ3v) is 5.22. The smallest absolute Gasteiger partial charge is 0.103 e. The molecule has 0 saturated carbocycles. The fraction of sp³-hybridized carbons (Fsp3) is 0.647. The van der Waals surface area contributed by atoms with Crippen LogP contribution in [0, 0.1) is 31.1 Å². The van der Waals surface area contributed by atoms with E-state index in [9.17, 15) is 5.26 Å². The number of nitrogens with zero attached hydrogens (tertiary/aromatic N) is 3. The quantitative estimate of drug-likeness (QED) is 0.927. The molecule has 3 heterocycles. The molecule has 0 spiro atoms. The van der Waals surface area contributed by atoms with Crippen LogP contribution in [-0.4, -0.2) is 35.6 Å². The van der Waals surface area contributed by atoms with Crippen LogP contribution in [-0.2, 0) is 0 Å². The highest BCUT2D eigenvalue weighted by Crippen LogP contribution is 2.37. The summed E-state index contributed by atoms with van der Waals surface area (Å²) in [6.07, 6.45) is 5.28. The molecule has 2 unspecified atom stereocenters. The van der Waals surface area contributed by atoms with Gasteiger partial charge < -0.3 is 10.2 Å². The van der Waals surface area contributed by atoms with Crippen molar-refractivity contribution in [3.8, 4) is 6.07 Å². The molecule has 3 rings (SSSR count). The second-order valence-corrected chi connectivity index (χ2v) is 6.65. The van der Waals surface area contributed by atoms with Crippen molar-refractivity contribution in [1.82, 2.24) is 9.88 Å². The SMILES string of the molecule is Cc1cc(NCC2CC3CCC(C2)N3C)c(C#N)c(C)n1. The summed E-state index contributed by atoms with van der Waals surface area (Å²) in [7, 11) is 2.27. The van der Waals surface area contributed by atoms with Gasteiger partial charge in [0.05, 0.1) is 16.9 Å². The number of aromatic nitrogens is 1. The Bertz CT molecular complexity index is 561. The maximum atomic E-state index is 9.32. The van der Waals surface area contributed by atoms with Crippen LogP contribution in [0.25, 0.3) is 0 Å². The Morgan fingerprint density at radius 2 is 2.00 bits per heavy atom. The number of hydrogen-bond acceptors (Lipinski definition) is 4. The molecule has 1 N–H and O–H groups in total. The molecule has 0 aliphatic carbocycles. The molecule has 0 radical (unpaired) electrons. The van der Waals surface area contributed by atoms with E-state index < -0.39 is 0 Å². The van der Waals surface area contributed by atoms with Gasteiger partial charge in [-0.3, -0.25) is 4.98 Å². The second kappa shape index (κ2) is 5.65. The predicted octanol–water partition coefficient (Wildman–Crippen LogP) is 2.85.